The van der Waals surface area contributed by atoms with Gasteiger partial charge in [-0.05, 0) is 44.2 Å². The molecule has 2 atom stereocenters. The van der Waals surface area contributed by atoms with Gasteiger partial charge >= 0.3 is 0 Å². The second kappa shape index (κ2) is 6.48. The fourth-order valence-corrected chi connectivity index (χ4v) is 3.21. The smallest absolute Gasteiger partial charge is 0.260 e. The summed E-state index contributed by atoms with van der Waals surface area (Å²) in [5.41, 5.74) is 3.29. The van der Waals surface area contributed by atoms with E-state index in [1.807, 2.05) is 20.8 Å². The maximum Gasteiger partial charge on any atom is 0.260 e. The number of likely N-dealkylation sites (tertiary alicyclic amines) is 1. The molecule has 0 aliphatic carbocycles. The van der Waals surface area contributed by atoms with Crippen LogP contribution in [0.3, 0.4) is 0 Å². The molecule has 0 bridgehead atoms. The van der Waals surface area contributed by atoms with Gasteiger partial charge < -0.3 is 14.7 Å². The van der Waals surface area contributed by atoms with Crippen molar-refractivity contribution in [1.29, 1.82) is 0 Å². The number of nitrogens with zero attached hydrogens (tertiary/aromatic N) is 1. The summed E-state index contributed by atoms with van der Waals surface area (Å²) < 4.78 is 5.75. The molecule has 1 fully saturated rings. The van der Waals surface area contributed by atoms with Crippen molar-refractivity contribution in [3.8, 4) is 5.75 Å². The summed E-state index contributed by atoms with van der Waals surface area (Å²) in [6.07, 6.45) is 0.944. The van der Waals surface area contributed by atoms with Crippen LogP contribution in [0.15, 0.2) is 12.1 Å². The van der Waals surface area contributed by atoms with E-state index in [1.54, 1.807) is 4.90 Å². The number of hydrogen-bond acceptors (Lipinski definition) is 3. The first-order valence-electron chi connectivity index (χ1n) is 7.55. The molecule has 0 radical (unpaired) electrons. The Hall–Kier alpha value is -1.55. The minimum Gasteiger partial charge on any atom is -0.483 e. The Morgan fingerprint density at radius 3 is 2.52 bits per heavy atom. The van der Waals surface area contributed by atoms with E-state index < -0.39 is 0 Å². The number of ether oxygens (including phenoxy) is 1. The van der Waals surface area contributed by atoms with Gasteiger partial charge in [0.2, 0.25) is 0 Å². The number of carbonyl (C=O) groups is 1. The lowest BCUT2D eigenvalue weighted by molar-refractivity contribution is -0.135. The molecule has 2 unspecified atom stereocenters. The van der Waals surface area contributed by atoms with Gasteiger partial charge in [-0.3, -0.25) is 4.79 Å². The van der Waals surface area contributed by atoms with Gasteiger partial charge in [0.25, 0.3) is 5.91 Å². The van der Waals surface area contributed by atoms with Crippen molar-refractivity contribution < 1.29 is 14.6 Å². The summed E-state index contributed by atoms with van der Waals surface area (Å²) >= 11 is 0. The molecule has 2 rings (SSSR count). The Balaban J connectivity index is 2.02. The maximum absolute atomic E-state index is 12.3. The number of aryl methyl sites for hydroxylation is 3. The van der Waals surface area contributed by atoms with Crippen LogP contribution >= 0.6 is 0 Å². The molecule has 0 aromatic heterocycles. The van der Waals surface area contributed by atoms with Crippen molar-refractivity contribution in [2.75, 3.05) is 19.8 Å². The van der Waals surface area contributed by atoms with Crippen LogP contribution in [0, 0.1) is 26.7 Å². The van der Waals surface area contributed by atoms with Crippen LogP contribution in [0.2, 0.25) is 0 Å². The molecule has 1 aliphatic heterocycles. The third-order valence-electron chi connectivity index (χ3n) is 4.33. The summed E-state index contributed by atoms with van der Waals surface area (Å²) in [5.74, 6) is 1.10. The number of aliphatic hydroxyl groups excluding tert-OH is 1. The van der Waals surface area contributed by atoms with Gasteiger partial charge in [0.1, 0.15) is 5.75 Å². The lowest BCUT2D eigenvalue weighted by Gasteiger charge is -2.25. The maximum atomic E-state index is 12.3. The summed E-state index contributed by atoms with van der Waals surface area (Å²) in [5, 5.41) is 9.43. The Morgan fingerprint density at radius 2 is 1.95 bits per heavy atom. The largest absolute Gasteiger partial charge is 0.483 e. The Kier molecular flexibility index (Phi) is 4.88. The summed E-state index contributed by atoms with van der Waals surface area (Å²) in [7, 11) is 0. The molecule has 1 heterocycles. The monoisotopic (exact) mass is 291 g/mol. The van der Waals surface area contributed by atoms with E-state index in [1.165, 1.54) is 5.56 Å². The van der Waals surface area contributed by atoms with E-state index in [-0.39, 0.29) is 25.2 Å². The zero-order valence-electron chi connectivity index (χ0n) is 13.3. The highest BCUT2D eigenvalue weighted by Crippen LogP contribution is 2.26. The molecule has 4 heteroatoms. The van der Waals surface area contributed by atoms with Crippen molar-refractivity contribution in [3.63, 3.8) is 0 Å². The van der Waals surface area contributed by atoms with E-state index in [4.69, 9.17) is 4.74 Å². The first-order chi connectivity index (χ1) is 9.93. The average molecular weight is 291 g/mol. The van der Waals surface area contributed by atoms with Gasteiger partial charge in [-0.15, -0.1) is 0 Å². The minimum absolute atomic E-state index is 0.0233. The molecule has 4 nitrogen and oxygen atoms in total. The SMILES string of the molecule is Cc1cc(C)c(OCC(=O)N2CCC(C)C2CO)c(C)c1. The Morgan fingerprint density at radius 1 is 1.33 bits per heavy atom. The second-order valence-electron chi connectivity index (χ2n) is 6.12. The van der Waals surface area contributed by atoms with Crippen LogP contribution in [-0.2, 0) is 4.79 Å². The third-order valence-corrected chi connectivity index (χ3v) is 4.33. The van der Waals surface area contributed by atoms with E-state index in [0.29, 0.717) is 12.5 Å². The van der Waals surface area contributed by atoms with Crippen LogP contribution in [0.1, 0.15) is 30.0 Å². The van der Waals surface area contributed by atoms with Crippen molar-refractivity contribution in [1.82, 2.24) is 4.90 Å². The second-order valence-corrected chi connectivity index (χ2v) is 6.12. The van der Waals surface area contributed by atoms with Gasteiger partial charge in [-0.1, -0.05) is 24.6 Å². The molecule has 0 saturated carbocycles. The summed E-state index contributed by atoms with van der Waals surface area (Å²) in [6.45, 7) is 8.88. The molecule has 1 aromatic carbocycles. The van der Waals surface area contributed by atoms with E-state index >= 15 is 0 Å². The number of amides is 1. The predicted octanol–water partition coefficient (Wildman–Crippen LogP) is 2.22. The minimum atomic E-state index is -0.0682. The summed E-state index contributed by atoms with van der Waals surface area (Å²) in [6, 6.07) is 4.05. The molecule has 1 amide bonds. The van der Waals surface area contributed by atoms with Gasteiger partial charge in [-0.25, -0.2) is 0 Å². The van der Waals surface area contributed by atoms with E-state index in [9.17, 15) is 9.90 Å². The number of benzene rings is 1. The van der Waals surface area contributed by atoms with Crippen molar-refractivity contribution in [2.45, 2.75) is 40.2 Å². The zero-order valence-corrected chi connectivity index (χ0v) is 13.3. The third kappa shape index (κ3) is 3.38. The molecule has 1 saturated heterocycles. The lowest BCUT2D eigenvalue weighted by Crippen LogP contribution is -2.42. The fourth-order valence-electron chi connectivity index (χ4n) is 3.21. The predicted molar refractivity (Wildman–Crippen MR) is 82.5 cm³/mol. The Labute approximate surface area is 126 Å². The highest BCUT2D eigenvalue weighted by Gasteiger charge is 2.33. The van der Waals surface area contributed by atoms with Crippen LogP contribution in [0.4, 0.5) is 0 Å². The normalized spacial score (nSPS) is 21.7. The van der Waals surface area contributed by atoms with Gasteiger partial charge in [-0.2, -0.15) is 0 Å². The standard InChI is InChI=1S/C17H25NO3/c1-11-7-13(3)17(14(4)8-11)21-10-16(20)18-6-5-12(2)15(18)9-19/h7-8,12,15,19H,5-6,9-10H2,1-4H3. The molecule has 1 N–H and O–H groups in total. The highest BCUT2D eigenvalue weighted by atomic mass is 16.5. The van der Waals surface area contributed by atoms with Gasteiger partial charge in [0, 0.05) is 6.54 Å². The highest BCUT2D eigenvalue weighted by molar-refractivity contribution is 5.78. The zero-order chi connectivity index (χ0) is 15.6. The molecule has 1 aromatic rings. The van der Waals surface area contributed by atoms with Crippen LogP contribution in [0.25, 0.3) is 0 Å². The van der Waals surface area contributed by atoms with Crippen molar-refractivity contribution >= 4 is 5.91 Å². The average Bonchev–Trinajstić information content (AvgIpc) is 2.78. The van der Waals surface area contributed by atoms with Crippen LogP contribution < -0.4 is 4.74 Å². The number of aliphatic hydroxyl groups is 1. The molecule has 0 spiro atoms. The fraction of sp³-hybridized carbons (Fsp3) is 0.588. The first-order valence-corrected chi connectivity index (χ1v) is 7.55. The Bertz CT molecular complexity index is 504. The number of rotatable bonds is 4. The topological polar surface area (TPSA) is 49.8 Å². The quantitative estimate of drug-likeness (QED) is 0.925. The van der Waals surface area contributed by atoms with Crippen molar-refractivity contribution in [3.05, 3.63) is 28.8 Å². The van der Waals surface area contributed by atoms with Crippen LogP contribution in [0.5, 0.6) is 5.75 Å². The lowest BCUT2D eigenvalue weighted by atomic mass is 10.0. The molecule has 116 valence electrons. The summed E-state index contributed by atoms with van der Waals surface area (Å²) in [4.78, 5) is 14.1. The molecular weight excluding hydrogens is 266 g/mol. The van der Waals surface area contributed by atoms with Gasteiger partial charge in [0.05, 0.1) is 12.6 Å². The number of hydrogen-bond donors (Lipinski definition) is 1. The van der Waals surface area contributed by atoms with Gasteiger partial charge in [0.15, 0.2) is 6.61 Å². The molecule has 1 aliphatic rings. The van der Waals surface area contributed by atoms with E-state index in [2.05, 4.69) is 19.1 Å². The van der Waals surface area contributed by atoms with Crippen molar-refractivity contribution in [2.24, 2.45) is 5.92 Å². The number of carbonyl (C=O) groups excluding carboxylic acids is 1. The first kappa shape index (κ1) is 15.8. The molecular formula is C17H25NO3. The molecule has 21 heavy (non-hydrogen) atoms. The van der Waals surface area contributed by atoms with E-state index in [0.717, 1.165) is 23.3 Å². The van der Waals surface area contributed by atoms with Crippen LogP contribution in [-0.4, -0.2) is 41.7 Å².